The van der Waals surface area contributed by atoms with E-state index < -0.39 is 5.97 Å². The standard InChI is InChI=1S/C15H17N5O2/c1-2-22-13(21)11-6-18-14(19-7-11)20-15(4-3-5-15)12-8-16-10-17-9-12/h6-10H,2-5H2,1H3,(H,18,19,20). The number of nitrogens with zero attached hydrogens (tertiary/aromatic N) is 4. The highest BCUT2D eigenvalue weighted by molar-refractivity contribution is 5.88. The molecule has 1 N–H and O–H groups in total. The van der Waals surface area contributed by atoms with Gasteiger partial charge in [-0.25, -0.2) is 24.7 Å². The van der Waals surface area contributed by atoms with Crippen LogP contribution in [0.25, 0.3) is 0 Å². The molecule has 1 fully saturated rings. The molecule has 2 heterocycles. The maximum atomic E-state index is 11.6. The van der Waals surface area contributed by atoms with Gasteiger partial charge < -0.3 is 10.1 Å². The molecule has 0 unspecified atom stereocenters. The Hall–Kier alpha value is -2.57. The third kappa shape index (κ3) is 2.74. The van der Waals surface area contributed by atoms with Gasteiger partial charge in [0.2, 0.25) is 5.95 Å². The van der Waals surface area contributed by atoms with E-state index in [4.69, 9.17) is 4.74 Å². The van der Waals surface area contributed by atoms with E-state index in [1.807, 2.05) is 12.4 Å². The van der Waals surface area contributed by atoms with Crippen LogP contribution in [0.2, 0.25) is 0 Å². The van der Waals surface area contributed by atoms with Crippen LogP contribution >= 0.6 is 0 Å². The summed E-state index contributed by atoms with van der Waals surface area (Å²) in [7, 11) is 0. The zero-order valence-corrected chi connectivity index (χ0v) is 12.3. The Bertz CT molecular complexity index is 641. The van der Waals surface area contributed by atoms with E-state index >= 15 is 0 Å². The number of rotatable bonds is 5. The number of hydrogen-bond acceptors (Lipinski definition) is 7. The van der Waals surface area contributed by atoms with Crippen molar-refractivity contribution in [1.29, 1.82) is 0 Å². The van der Waals surface area contributed by atoms with Crippen molar-refractivity contribution in [3.05, 3.63) is 42.2 Å². The molecule has 114 valence electrons. The van der Waals surface area contributed by atoms with Crippen LogP contribution in [0.5, 0.6) is 0 Å². The average molecular weight is 299 g/mol. The number of hydrogen-bond donors (Lipinski definition) is 1. The fourth-order valence-electron chi connectivity index (χ4n) is 2.49. The molecule has 0 aromatic carbocycles. The van der Waals surface area contributed by atoms with Gasteiger partial charge in [0, 0.05) is 30.4 Å². The Balaban J connectivity index is 1.76. The van der Waals surface area contributed by atoms with E-state index in [0.717, 1.165) is 24.8 Å². The monoisotopic (exact) mass is 299 g/mol. The molecule has 1 aliphatic rings. The molecule has 7 heteroatoms. The van der Waals surface area contributed by atoms with Gasteiger partial charge in [-0.05, 0) is 26.2 Å². The van der Waals surface area contributed by atoms with Crippen LogP contribution in [0.3, 0.4) is 0 Å². The van der Waals surface area contributed by atoms with Crippen LogP contribution in [0.1, 0.15) is 42.1 Å². The summed E-state index contributed by atoms with van der Waals surface area (Å²) in [5, 5.41) is 3.35. The van der Waals surface area contributed by atoms with Crippen molar-refractivity contribution < 1.29 is 9.53 Å². The maximum Gasteiger partial charge on any atom is 0.341 e. The van der Waals surface area contributed by atoms with Crippen molar-refractivity contribution in [3.63, 3.8) is 0 Å². The molecule has 0 saturated heterocycles. The van der Waals surface area contributed by atoms with Crippen molar-refractivity contribution in [2.45, 2.75) is 31.7 Å². The first kappa shape index (κ1) is 14.4. The van der Waals surface area contributed by atoms with E-state index in [-0.39, 0.29) is 5.54 Å². The first-order chi connectivity index (χ1) is 10.7. The number of anilines is 1. The van der Waals surface area contributed by atoms with Crippen LogP contribution in [0, 0.1) is 0 Å². The quantitative estimate of drug-likeness (QED) is 0.844. The lowest BCUT2D eigenvalue weighted by Gasteiger charge is -2.42. The first-order valence-electron chi connectivity index (χ1n) is 7.26. The predicted octanol–water partition coefficient (Wildman–Crippen LogP) is 1.93. The second-order valence-corrected chi connectivity index (χ2v) is 5.20. The second kappa shape index (κ2) is 6.05. The second-order valence-electron chi connectivity index (χ2n) is 5.20. The Kier molecular flexibility index (Phi) is 3.95. The normalized spacial score (nSPS) is 15.7. The van der Waals surface area contributed by atoms with E-state index in [1.165, 1.54) is 18.7 Å². The summed E-state index contributed by atoms with van der Waals surface area (Å²) in [4.78, 5) is 28.2. The predicted molar refractivity (Wildman–Crippen MR) is 79.2 cm³/mol. The van der Waals surface area contributed by atoms with Gasteiger partial charge in [-0.2, -0.15) is 0 Å². The molecule has 1 aliphatic carbocycles. The van der Waals surface area contributed by atoms with Crippen molar-refractivity contribution >= 4 is 11.9 Å². The summed E-state index contributed by atoms with van der Waals surface area (Å²) in [6, 6.07) is 0. The molecular weight excluding hydrogens is 282 g/mol. The largest absolute Gasteiger partial charge is 0.462 e. The molecule has 0 radical (unpaired) electrons. The topological polar surface area (TPSA) is 89.9 Å². The van der Waals surface area contributed by atoms with Crippen LogP contribution in [-0.4, -0.2) is 32.5 Å². The fraction of sp³-hybridized carbons (Fsp3) is 0.400. The van der Waals surface area contributed by atoms with Gasteiger partial charge in [-0.1, -0.05) is 0 Å². The zero-order chi connectivity index (χ0) is 15.4. The van der Waals surface area contributed by atoms with Gasteiger partial charge >= 0.3 is 5.97 Å². The SMILES string of the molecule is CCOC(=O)c1cnc(NC2(c3cncnc3)CCC2)nc1. The van der Waals surface area contributed by atoms with Gasteiger partial charge in [-0.3, -0.25) is 0 Å². The average Bonchev–Trinajstić information content (AvgIpc) is 2.52. The minimum atomic E-state index is -0.413. The molecular formula is C15H17N5O2. The summed E-state index contributed by atoms with van der Waals surface area (Å²) in [6.45, 7) is 2.09. The summed E-state index contributed by atoms with van der Waals surface area (Å²) in [6.07, 6.45) is 11.2. The van der Waals surface area contributed by atoms with Crippen molar-refractivity contribution in [2.75, 3.05) is 11.9 Å². The smallest absolute Gasteiger partial charge is 0.341 e. The molecule has 0 bridgehead atoms. The van der Waals surface area contributed by atoms with Gasteiger partial charge in [0.05, 0.1) is 17.7 Å². The zero-order valence-electron chi connectivity index (χ0n) is 12.3. The number of esters is 1. The minimum absolute atomic E-state index is 0.216. The van der Waals surface area contributed by atoms with Crippen molar-refractivity contribution in [2.24, 2.45) is 0 Å². The van der Waals surface area contributed by atoms with Crippen LogP contribution in [0.4, 0.5) is 5.95 Å². The lowest BCUT2D eigenvalue weighted by atomic mass is 9.73. The van der Waals surface area contributed by atoms with Crippen molar-refractivity contribution in [1.82, 2.24) is 19.9 Å². The molecule has 0 aliphatic heterocycles. The van der Waals surface area contributed by atoms with Gasteiger partial charge in [0.15, 0.2) is 0 Å². The summed E-state index contributed by atoms with van der Waals surface area (Å²) in [5.74, 6) is 0.0699. The third-order valence-electron chi connectivity index (χ3n) is 3.83. The highest BCUT2D eigenvalue weighted by Gasteiger charge is 2.39. The molecule has 22 heavy (non-hydrogen) atoms. The summed E-state index contributed by atoms with van der Waals surface area (Å²) in [5.41, 5.74) is 1.16. The van der Waals surface area contributed by atoms with E-state index in [2.05, 4.69) is 25.3 Å². The molecule has 0 amide bonds. The highest BCUT2D eigenvalue weighted by Crippen LogP contribution is 2.42. The van der Waals surface area contributed by atoms with Gasteiger partial charge in [0.25, 0.3) is 0 Å². The van der Waals surface area contributed by atoms with E-state index in [0.29, 0.717) is 18.1 Å². The number of carbonyl (C=O) groups excluding carboxylic acids is 1. The van der Waals surface area contributed by atoms with Gasteiger partial charge in [0.1, 0.15) is 6.33 Å². The molecule has 7 nitrogen and oxygen atoms in total. The lowest BCUT2D eigenvalue weighted by molar-refractivity contribution is 0.0525. The van der Waals surface area contributed by atoms with Crippen LogP contribution in [-0.2, 0) is 10.3 Å². The fourth-order valence-corrected chi connectivity index (χ4v) is 2.49. The third-order valence-corrected chi connectivity index (χ3v) is 3.83. The Morgan fingerprint density at radius 1 is 1.23 bits per heavy atom. The molecule has 3 rings (SSSR count). The molecule has 2 aromatic rings. The van der Waals surface area contributed by atoms with Gasteiger partial charge in [-0.15, -0.1) is 0 Å². The molecule has 2 aromatic heterocycles. The lowest BCUT2D eigenvalue weighted by Crippen LogP contribution is -2.42. The highest BCUT2D eigenvalue weighted by atomic mass is 16.5. The van der Waals surface area contributed by atoms with E-state index in [1.54, 1.807) is 6.92 Å². The summed E-state index contributed by atoms with van der Waals surface area (Å²) < 4.78 is 4.91. The number of nitrogens with one attached hydrogen (secondary N) is 1. The minimum Gasteiger partial charge on any atom is -0.462 e. The number of aromatic nitrogens is 4. The molecule has 1 saturated carbocycles. The molecule has 0 spiro atoms. The Morgan fingerprint density at radius 2 is 1.91 bits per heavy atom. The maximum absolute atomic E-state index is 11.6. The Morgan fingerprint density at radius 3 is 2.45 bits per heavy atom. The number of carbonyl (C=O) groups is 1. The van der Waals surface area contributed by atoms with Crippen LogP contribution < -0.4 is 5.32 Å². The van der Waals surface area contributed by atoms with E-state index in [9.17, 15) is 4.79 Å². The number of ether oxygens (including phenoxy) is 1. The summed E-state index contributed by atoms with van der Waals surface area (Å²) >= 11 is 0. The van der Waals surface area contributed by atoms with Crippen LogP contribution in [0.15, 0.2) is 31.1 Å². The molecule has 0 atom stereocenters. The first-order valence-corrected chi connectivity index (χ1v) is 7.26. The van der Waals surface area contributed by atoms with Crippen molar-refractivity contribution in [3.8, 4) is 0 Å². The Labute approximate surface area is 128 Å².